The van der Waals surface area contributed by atoms with Gasteiger partial charge in [0, 0.05) is 16.6 Å². The molecule has 0 fully saturated rings. The van der Waals surface area contributed by atoms with Crippen molar-refractivity contribution in [1.82, 2.24) is 4.98 Å². The van der Waals surface area contributed by atoms with Crippen LogP contribution in [-0.4, -0.2) is 17.5 Å². The number of aryl methyl sites for hydroxylation is 1. The number of anilines is 1. The Kier molecular flexibility index (Phi) is 4.86. The number of thiazole rings is 1. The highest BCUT2D eigenvalue weighted by atomic mass is 32.1. The maximum atomic E-state index is 12.8. The molecular formula is C18H15FN2O2S. The Morgan fingerprint density at radius 2 is 2.04 bits per heavy atom. The van der Waals surface area contributed by atoms with Gasteiger partial charge in [-0.15, -0.1) is 11.3 Å². The second kappa shape index (κ2) is 7.23. The van der Waals surface area contributed by atoms with Gasteiger partial charge in [-0.05, 0) is 43.3 Å². The molecule has 0 unspecified atom stereocenters. The Bertz CT molecular complexity index is 846. The van der Waals surface area contributed by atoms with Gasteiger partial charge < -0.3 is 10.1 Å². The molecule has 0 bridgehead atoms. The molecule has 2 aromatic carbocycles. The smallest absolute Gasteiger partial charge is 0.262 e. The number of benzene rings is 2. The highest BCUT2D eigenvalue weighted by molar-refractivity contribution is 7.09. The normalized spacial score (nSPS) is 10.4. The molecule has 24 heavy (non-hydrogen) atoms. The zero-order chi connectivity index (χ0) is 16.9. The fourth-order valence-electron chi connectivity index (χ4n) is 2.13. The van der Waals surface area contributed by atoms with E-state index >= 15 is 0 Å². The number of rotatable bonds is 5. The van der Waals surface area contributed by atoms with Crippen LogP contribution in [0.1, 0.15) is 5.01 Å². The predicted molar refractivity (Wildman–Crippen MR) is 92.8 cm³/mol. The van der Waals surface area contributed by atoms with Gasteiger partial charge in [-0.25, -0.2) is 9.37 Å². The zero-order valence-electron chi connectivity index (χ0n) is 13.0. The molecule has 0 aliphatic carbocycles. The van der Waals surface area contributed by atoms with Gasteiger partial charge in [0.05, 0.1) is 10.7 Å². The van der Waals surface area contributed by atoms with Crippen LogP contribution < -0.4 is 10.1 Å². The van der Waals surface area contributed by atoms with E-state index in [0.29, 0.717) is 11.4 Å². The molecule has 1 aromatic heterocycles. The van der Waals surface area contributed by atoms with E-state index in [1.165, 1.54) is 24.3 Å². The van der Waals surface area contributed by atoms with Gasteiger partial charge in [0.1, 0.15) is 11.6 Å². The summed E-state index contributed by atoms with van der Waals surface area (Å²) in [6.45, 7) is 1.80. The third-order valence-electron chi connectivity index (χ3n) is 3.24. The lowest BCUT2D eigenvalue weighted by Gasteiger charge is -2.08. The van der Waals surface area contributed by atoms with Gasteiger partial charge in [-0.1, -0.05) is 12.1 Å². The van der Waals surface area contributed by atoms with E-state index in [4.69, 9.17) is 4.74 Å². The molecule has 6 heteroatoms. The lowest BCUT2D eigenvalue weighted by atomic mass is 10.1. The Balaban J connectivity index is 1.61. The van der Waals surface area contributed by atoms with E-state index in [9.17, 15) is 9.18 Å². The lowest BCUT2D eigenvalue weighted by Crippen LogP contribution is -2.20. The van der Waals surface area contributed by atoms with Gasteiger partial charge in [0.15, 0.2) is 6.61 Å². The second-order valence-corrected chi connectivity index (χ2v) is 6.19. The van der Waals surface area contributed by atoms with Gasteiger partial charge in [-0.3, -0.25) is 4.79 Å². The zero-order valence-corrected chi connectivity index (χ0v) is 13.8. The molecule has 122 valence electrons. The summed E-state index contributed by atoms with van der Waals surface area (Å²) in [4.78, 5) is 16.4. The molecular weight excluding hydrogens is 327 g/mol. The first kappa shape index (κ1) is 16.1. The average molecular weight is 342 g/mol. The van der Waals surface area contributed by atoms with Crippen LogP contribution in [0.25, 0.3) is 11.3 Å². The van der Waals surface area contributed by atoms with Crippen molar-refractivity contribution in [2.75, 3.05) is 11.9 Å². The first-order valence-corrected chi connectivity index (χ1v) is 8.19. The number of carbonyl (C=O) groups excluding carboxylic acids is 1. The number of nitrogens with one attached hydrogen (secondary N) is 1. The van der Waals surface area contributed by atoms with Crippen LogP contribution in [0.3, 0.4) is 0 Å². The number of hydrogen-bond acceptors (Lipinski definition) is 4. The Morgan fingerprint density at radius 3 is 2.75 bits per heavy atom. The van der Waals surface area contributed by atoms with Crippen molar-refractivity contribution in [1.29, 1.82) is 0 Å². The molecule has 4 nitrogen and oxygen atoms in total. The van der Waals surface area contributed by atoms with Gasteiger partial charge >= 0.3 is 0 Å². The topological polar surface area (TPSA) is 51.2 Å². The minimum atomic E-state index is -0.346. The molecule has 1 N–H and O–H groups in total. The van der Waals surface area contributed by atoms with Crippen LogP contribution in [0.2, 0.25) is 0 Å². The van der Waals surface area contributed by atoms with Crippen molar-refractivity contribution in [3.8, 4) is 17.0 Å². The van der Waals surface area contributed by atoms with Crippen molar-refractivity contribution in [2.45, 2.75) is 6.92 Å². The molecule has 1 heterocycles. The van der Waals surface area contributed by atoms with Crippen LogP contribution in [0, 0.1) is 12.7 Å². The summed E-state index contributed by atoms with van der Waals surface area (Å²) in [5.74, 6) is -0.190. The Labute approximate surface area is 142 Å². The number of ether oxygens (including phenoxy) is 1. The summed E-state index contributed by atoms with van der Waals surface area (Å²) in [7, 11) is 0. The van der Waals surface area contributed by atoms with Crippen molar-refractivity contribution in [3.05, 3.63) is 64.7 Å². The molecule has 3 aromatic rings. The molecule has 0 atom stereocenters. The van der Waals surface area contributed by atoms with E-state index in [0.717, 1.165) is 16.3 Å². The van der Waals surface area contributed by atoms with Crippen LogP contribution in [0.5, 0.6) is 5.75 Å². The molecule has 0 saturated carbocycles. The fourth-order valence-corrected chi connectivity index (χ4v) is 2.75. The first-order valence-electron chi connectivity index (χ1n) is 7.31. The summed E-state index contributed by atoms with van der Waals surface area (Å²) in [5, 5.41) is 5.75. The number of hydrogen-bond donors (Lipinski definition) is 1. The highest BCUT2D eigenvalue weighted by Gasteiger charge is 2.07. The molecule has 1 amide bonds. The predicted octanol–water partition coefficient (Wildman–Crippen LogP) is 4.28. The Hall–Kier alpha value is -2.73. The molecule has 0 radical (unpaired) electrons. The van der Waals surface area contributed by atoms with E-state index < -0.39 is 0 Å². The molecule has 0 aliphatic heterocycles. The molecule has 0 spiro atoms. The van der Waals surface area contributed by atoms with Gasteiger partial charge in [0.2, 0.25) is 0 Å². The maximum Gasteiger partial charge on any atom is 0.262 e. The summed E-state index contributed by atoms with van der Waals surface area (Å²) in [5.41, 5.74) is 2.50. The fraction of sp³-hybridized carbons (Fsp3) is 0.111. The quantitative estimate of drug-likeness (QED) is 0.753. The monoisotopic (exact) mass is 342 g/mol. The van der Waals surface area contributed by atoms with Crippen molar-refractivity contribution in [3.63, 3.8) is 0 Å². The number of amides is 1. The second-order valence-electron chi connectivity index (χ2n) is 5.12. The molecule has 3 rings (SSSR count). The third kappa shape index (κ3) is 4.17. The standard InChI is InChI=1S/C18H15FN2O2S/c1-12-20-17(11-24-12)13-3-2-4-15(9-13)21-18(22)10-23-16-7-5-14(19)6-8-16/h2-9,11H,10H2,1H3,(H,21,22). The lowest BCUT2D eigenvalue weighted by molar-refractivity contribution is -0.118. The van der Waals surface area contributed by atoms with Crippen molar-refractivity contribution < 1.29 is 13.9 Å². The number of aromatic nitrogens is 1. The van der Waals surface area contributed by atoms with E-state index in [1.807, 2.05) is 30.5 Å². The van der Waals surface area contributed by atoms with Gasteiger partial charge in [-0.2, -0.15) is 0 Å². The summed E-state index contributed by atoms with van der Waals surface area (Å²) < 4.78 is 18.1. The molecule has 0 aliphatic rings. The maximum absolute atomic E-state index is 12.8. The SMILES string of the molecule is Cc1nc(-c2cccc(NC(=O)COc3ccc(F)cc3)c2)cs1. The van der Waals surface area contributed by atoms with E-state index in [1.54, 1.807) is 17.4 Å². The number of halogens is 1. The van der Waals surface area contributed by atoms with Crippen molar-refractivity contribution >= 4 is 22.9 Å². The summed E-state index contributed by atoms with van der Waals surface area (Å²) >= 11 is 1.58. The average Bonchev–Trinajstić information content (AvgIpc) is 3.01. The van der Waals surface area contributed by atoms with Crippen LogP contribution in [0.4, 0.5) is 10.1 Å². The Morgan fingerprint density at radius 1 is 1.25 bits per heavy atom. The van der Waals surface area contributed by atoms with Crippen molar-refractivity contribution in [2.24, 2.45) is 0 Å². The molecule has 0 saturated heterocycles. The van der Waals surface area contributed by atoms with Crippen LogP contribution in [-0.2, 0) is 4.79 Å². The summed E-state index contributed by atoms with van der Waals surface area (Å²) in [6, 6.07) is 13.0. The van der Waals surface area contributed by atoms with Gasteiger partial charge in [0.25, 0.3) is 5.91 Å². The highest BCUT2D eigenvalue weighted by Crippen LogP contribution is 2.24. The number of carbonyl (C=O) groups is 1. The van der Waals surface area contributed by atoms with E-state index in [-0.39, 0.29) is 18.3 Å². The van der Waals surface area contributed by atoms with E-state index in [2.05, 4.69) is 10.3 Å². The third-order valence-corrected chi connectivity index (χ3v) is 4.02. The van der Waals surface area contributed by atoms with Crippen LogP contribution >= 0.6 is 11.3 Å². The van der Waals surface area contributed by atoms with Crippen LogP contribution in [0.15, 0.2) is 53.9 Å². The minimum absolute atomic E-state index is 0.147. The first-order chi connectivity index (χ1) is 11.6. The largest absolute Gasteiger partial charge is 0.484 e. The number of nitrogens with zero attached hydrogens (tertiary/aromatic N) is 1. The summed E-state index contributed by atoms with van der Waals surface area (Å²) in [6.07, 6.45) is 0. The minimum Gasteiger partial charge on any atom is -0.484 e.